The fourth-order valence-electron chi connectivity index (χ4n) is 3.39. The van der Waals surface area contributed by atoms with Crippen molar-refractivity contribution in [2.75, 3.05) is 13.1 Å². The molecule has 2 aromatic rings. The zero-order chi connectivity index (χ0) is 18.6. The molecule has 0 saturated carbocycles. The largest absolute Gasteiger partial charge is 0.351 e. The van der Waals surface area contributed by atoms with Crippen LogP contribution < -0.4 is 5.32 Å². The molecule has 0 radical (unpaired) electrons. The smallest absolute Gasteiger partial charge is 0.255 e. The maximum absolute atomic E-state index is 12.8. The first kappa shape index (κ1) is 18.5. The van der Waals surface area contributed by atoms with Crippen LogP contribution in [-0.4, -0.2) is 29.8 Å². The van der Waals surface area contributed by atoms with Gasteiger partial charge in [-0.2, -0.15) is 0 Å². The Morgan fingerprint density at radius 3 is 2.54 bits per heavy atom. The van der Waals surface area contributed by atoms with Crippen molar-refractivity contribution in [3.8, 4) is 0 Å². The highest BCUT2D eigenvalue weighted by atomic mass is 35.5. The van der Waals surface area contributed by atoms with E-state index in [1.807, 2.05) is 37.3 Å². The summed E-state index contributed by atoms with van der Waals surface area (Å²) < 4.78 is 0. The van der Waals surface area contributed by atoms with Crippen LogP contribution in [0.1, 0.15) is 35.7 Å². The SMILES string of the molecule is C[C@@]1(C(=O)NCc2ccccc2)CCCN(C(=O)c2ccccc2Cl)C1. The van der Waals surface area contributed by atoms with E-state index in [0.29, 0.717) is 30.2 Å². The number of halogens is 1. The molecule has 1 heterocycles. The first-order valence-corrected chi connectivity index (χ1v) is 9.23. The summed E-state index contributed by atoms with van der Waals surface area (Å²) in [4.78, 5) is 27.4. The molecular formula is C21H23ClN2O2. The van der Waals surface area contributed by atoms with Crippen molar-refractivity contribution >= 4 is 23.4 Å². The molecule has 136 valence electrons. The van der Waals surface area contributed by atoms with Gasteiger partial charge < -0.3 is 10.2 Å². The molecule has 26 heavy (non-hydrogen) atoms. The van der Waals surface area contributed by atoms with E-state index in [0.717, 1.165) is 18.4 Å². The van der Waals surface area contributed by atoms with Crippen molar-refractivity contribution in [3.05, 3.63) is 70.7 Å². The van der Waals surface area contributed by atoms with Crippen molar-refractivity contribution in [2.24, 2.45) is 5.41 Å². The van der Waals surface area contributed by atoms with E-state index in [9.17, 15) is 9.59 Å². The molecule has 3 rings (SSSR count). The summed E-state index contributed by atoms with van der Waals surface area (Å²) in [7, 11) is 0. The number of carbonyl (C=O) groups is 2. The molecule has 2 aromatic carbocycles. The first-order chi connectivity index (χ1) is 12.5. The summed E-state index contributed by atoms with van der Waals surface area (Å²) in [6, 6.07) is 16.9. The number of benzene rings is 2. The Morgan fingerprint density at radius 2 is 1.81 bits per heavy atom. The van der Waals surface area contributed by atoms with Gasteiger partial charge in [0.2, 0.25) is 5.91 Å². The highest BCUT2D eigenvalue weighted by Gasteiger charge is 2.39. The molecule has 1 fully saturated rings. The third-order valence-electron chi connectivity index (χ3n) is 4.93. The molecule has 2 amide bonds. The topological polar surface area (TPSA) is 49.4 Å². The summed E-state index contributed by atoms with van der Waals surface area (Å²) in [5.74, 6) is -0.129. The molecule has 0 aromatic heterocycles. The minimum Gasteiger partial charge on any atom is -0.351 e. The van der Waals surface area contributed by atoms with E-state index >= 15 is 0 Å². The minimum absolute atomic E-state index is 0.0157. The van der Waals surface area contributed by atoms with Gasteiger partial charge in [0.25, 0.3) is 5.91 Å². The summed E-state index contributed by atoms with van der Waals surface area (Å²) in [5.41, 5.74) is 0.955. The van der Waals surface area contributed by atoms with E-state index in [-0.39, 0.29) is 11.8 Å². The van der Waals surface area contributed by atoms with Gasteiger partial charge in [-0.15, -0.1) is 0 Å². The number of carbonyl (C=O) groups excluding carboxylic acids is 2. The molecule has 1 aliphatic heterocycles. The Morgan fingerprint density at radius 1 is 1.12 bits per heavy atom. The maximum Gasteiger partial charge on any atom is 0.255 e. The van der Waals surface area contributed by atoms with E-state index in [2.05, 4.69) is 5.32 Å². The Kier molecular flexibility index (Phi) is 5.62. The number of amides is 2. The van der Waals surface area contributed by atoms with Crippen molar-refractivity contribution < 1.29 is 9.59 Å². The Labute approximate surface area is 159 Å². The fourth-order valence-corrected chi connectivity index (χ4v) is 3.61. The predicted octanol–water partition coefficient (Wildman–Crippen LogP) is 3.90. The van der Waals surface area contributed by atoms with Gasteiger partial charge in [-0.25, -0.2) is 0 Å². The maximum atomic E-state index is 12.8. The zero-order valence-corrected chi connectivity index (χ0v) is 15.6. The summed E-state index contributed by atoms with van der Waals surface area (Å²) in [6.07, 6.45) is 1.56. The van der Waals surface area contributed by atoms with Crippen LogP contribution in [0, 0.1) is 5.41 Å². The molecule has 4 nitrogen and oxygen atoms in total. The molecule has 1 aliphatic rings. The lowest BCUT2D eigenvalue weighted by atomic mass is 9.80. The number of nitrogens with zero attached hydrogens (tertiary/aromatic N) is 1. The average Bonchev–Trinajstić information content (AvgIpc) is 2.67. The van der Waals surface area contributed by atoms with E-state index in [1.165, 1.54) is 0 Å². The molecule has 0 unspecified atom stereocenters. The second-order valence-electron chi connectivity index (χ2n) is 7.04. The third kappa shape index (κ3) is 4.07. The zero-order valence-electron chi connectivity index (χ0n) is 14.9. The molecule has 1 saturated heterocycles. The summed E-state index contributed by atoms with van der Waals surface area (Å²) >= 11 is 6.16. The van der Waals surface area contributed by atoms with Crippen molar-refractivity contribution in [1.29, 1.82) is 0 Å². The monoisotopic (exact) mass is 370 g/mol. The molecule has 5 heteroatoms. The van der Waals surface area contributed by atoms with Gasteiger partial charge in [0, 0.05) is 19.6 Å². The van der Waals surface area contributed by atoms with Crippen molar-refractivity contribution in [3.63, 3.8) is 0 Å². The Hall–Kier alpha value is -2.33. The number of nitrogens with one attached hydrogen (secondary N) is 1. The van der Waals surface area contributed by atoms with Gasteiger partial charge in [0.15, 0.2) is 0 Å². The quantitative estimate of drug-likeness (QED) is 0.887. The van der Waals surface area contributed by atoms with Crippen LogP contribution in [0.3, 0.4) is 0 Å². The van der Waals surface area contributed by atoms with Crippen LogP contribution in [0.15, 0.2) is 54.6 Å². The van der Waals surface area contributed by atoms with E-state index in [1.54, 1.807) is 29.2 Å². The van der Waals surface area contributed by atoms with Crippen molar-refractivity contribution in [2.45, 2.75) is 26.3 Å². The highest BCUT2D eigenvalue weighted by molar-refractivity contribution is 6.33. The van der Waals surface area contributed by atoms with Gasteiger partial charge in [-0.1, -0.05) is 54.1 Å². The number of piperidine rings is 1. The number of rotatable bonds is 4. The lowest BCUT2D eigenvalue weighted by Crippen LogP contribution is -2.51. The van der Waals surface area contributed by atoms with Crippen LogP contribution in [0.4, 0.5) is 0 Å². The molecule has 0 bridgehead atoms. The molecule has 0 spiro atoms. The number of hydrogen-bond acceptors (Lipinski definition) is 2. The van der Waals surface area contributed by atoms with Crippen LogP contribution >= 0.6 is 11.6 Å². The van der Waals surface area contributed by atoms with E-state index < -0.39 is 5.41 Å². The molecule has 1 N–H and O–H groups in total. The van der Waals surface area contributed by atoms with Gasteiger partial charge in [-0.05, 0) is 37.5 Å². The summed E-state index contributed by atoms with van der Waals surface area (Å²) in [6.45, 7) is 3.47. The summed E-state index contributed by atoms with van der Waals surface area (Å²) in [5, 5.41) is 3.46. The molecule has 0 aliphatic carbocycles. The van der Waals surface area contributed by atoms with E-state index in [4.69, 9.17) is 11.6 Å². The van der Waals surface area contributed by atoms with Crippen molar-refractivity contribution in [1.82, 2.24) is 10.2 Å². The second kappa shape index (κ2) is 7.92. The van der Waals surface area contributed by atoms with Gasteiger partial charge in [0.05, 0.1) is 16.0 Å². The fraction of sp³-hybridized carbons (Fsp3) is 0.333. The number of hydrogen-bond donors (Lipinski definition) is 1. The average molecular weight is 371 g/mol. The third-order valence-corrected chi connectivity index (χ3v) is 5.26. The second-order valence-corrected chi connectivity index (χ2v) is 7.45. The normalized spacial score (nSPS) is 19.8. The Balaban J connectivity index is 1.67. The standard InChI is InChI=1S/C21H23ClN2O2/c1-21(20(26)23-14-16-8-3-2-4-9-16)12-7-13-24(15-21)19(25)17-10-5-6-11-18(17)22/h2-6,8-11H,7,12-15H2,1H3,(H,23,26)/t21-/m1/s1. The lowest BCUT2D eigenvalue weighted by molar-refractivity contribution is -0.132. The molecule has 1 atom stereocenters. The first-order valence-electron chi connectivity index (χ1n) is 8.86. The van der Waals surface area contributed by atoms with Crippen LogP contribution in [0.5, 0.6) is 0 Å². The predicted molar refractivity (Wildman–Crippen MR) is 103 cm³/mol. The molecular weight excluding hydrogens is 348 g/mol. The van der Waals surface area contributed by atoms with Crippen LogP contribution in [-0.2, 0) is 11.3 Å². The van der Waals surface area contributed by atoms with Gasteiger partial charge in [0.1, 0.15) is 0 Å². The van der Waals surface area contributed by atoms with Gasteiger partial charge in [-0.3, -0.25) is 9.59 Å². The Bertz CT molecular complexity index is 794. The van der Waals surface area contributed by atoms with Crippen LogP contribution in [0.2, 0.25) is 5.02 Å². The number of likely N-dealkylation sites (tertiary alicyclic amines) is 1. The highest BCUT2D eigenvalue weighted by Crippen LogP contribution is 2.31. The lowest BCUT2D eigenvalue weighted by Gasteiger charge is -2.39. The van der Waals surface area contributed by atoms with Crippen LogP contribution in [0.25, 0.3) is 0 Å². The minimum atomic E-state index is -0.593. The van der Waals surface area contributed by atoms with Gasteiger partial charge >= 0.3 is 0 Å².